The number of benzene rings is 2. The van der Waals surface area contributed by atoms with E-state index in [9.17, 15) is 19.3 Å². The summed E-state index contributed by atoms with van der Waals surface area (Å²) in [5, 5.41) is 13.3. The third-order valence-electron chi connectivity index (χ3n) is 3.28. The molecule has 0 fully saturated rings. The molecule has 1 amide bonds. The van der Waals surface area contributed by atoms with E-state index in [4.69, 9.17) is 9.47 Å². The fourth-order valence-electron chi connectivity index (χ4n) is 2.08. The van der Waals surface area contributed by atoms with Gasteiger partial charge in [-0.1, -0.05) is 12.1 Å². The van der Waals surface area contributed by atoms with Crippen molar-refractivity contribution >= 4 is 23.4 Å². The lowest BCUT2D eigenvalue weighted by molar-refractivity contribution is -0.385. The number of amides is 1. The van der Waals surface area contributed by atoms with Crippen molar-refractivity contribution < 1.29 is 23.6 Å². The average molecular weight is 346 g/mol. The van der Waals surface area contributed by atoms with Gasteiger partial charge in [-0.25, -0.2) is 4.39 Å². The Morgan fingerprint density at radius 2 is 1.84 bits per heavy atom. The molecule has 0 atom stereocenters. The number of halogens is 1. The van der Waals surface area contributed by atoms with Gasteiger partial charge in [0.05, 0.1) is 30.4 Å². The van der Waals surface area contributed by atoms with Crippen LogP contribution in [0.15, 0.2) is 42.5 Å². The Bertz CT molecular complexity index is 836. The number of hydrogen-bond acceptors (Lipinski definition) is 5. The Balaban J connectivity index is 2.20. The number of nitrogens with one attached hydrogen (secondary N) is 1. The van der Waals surface area contributed by atoms with Gasteiger partial charge in [0.1, 0.15) is 0 Å². The van der Waals surface area contributed by atoms with Crippen molar-refractivity contribution in [3.8, 4) is 11.5 Å². The van der Waals surface area contributed by atoms with Crippen LogP contribution in [0.25, 0.3) is 6.08 Å². The number of carbonyl (C=O) groups excluding carboxylic acids is 1. The van der Waals surface area contributed by atoms with E-state index in [-0.39, 0.29) is 28.4 Å². The number of ether oxygens (including phenoxy) is 2. The van der Waals surface area contributed by atoms with Crippen LogP contribution in [0.5, 0.6) is 11.5 Å². The van der Waals surface area contributed by atoms with Gasteiger partial charge >= 0.3 is 0 Å². The molecule has 0 aromatic heterocycles. The fourth-order valence-corrected chi connectivity index (χ4v) is 2.08. The fraction of sp³-hybridized carbons (Fsp3) is 0.118. The van der Waals surface area contributed by atoms with E-state index in [1.54, 1.807) is 6.07 Å². The molecule has 0 bridgehead atoms. The summed E-state index contributed by atoms with van der Waals surface area (Å²) in [5.74, 6) is -0.912. The average Bonchev–Trinajstić information content (AvgIpc) is 2.61. The van der Waals surface area contributed by atoms with Gasteiger partial charge < -0.3 is 14.8 Å². The summed E-state index contributed by atoms with van der Waals surface area (Å²) in [7, 11) is 2.75. The first kappa shape index (κ1) is 17.9. The molecule has 25 heavy (non-hydrogen) atoms. The minimum absolute atomic E-state index is 0.102. The van der Waals surface area contributed by atoms with Crippen molar-refractivity contribution in [2.45, 2.75) is 0 Å². The summed E-state index contributed by atoms with van der Waals surface area (Å²) >= 11 is 0. The maximum atomic E-state index is 14.0. The highest BCUT2D eigenvalue weighted by Crippen LogP contribution is 2.32. The van der Waals surface area contributed by atoms with Gasteiger partial charge in [-0.15, -0.1) is 0 Å². The van der Waals surface area contributed by atoms with Crippen molar-refractivity contribution in [3.63, 3.8) is 0 Å². The van der Waals surface area contributed by atoms with E-state index in [1.165, 1.54) is 44.6 Å². The van der Waals surface area contributed by atoms with E-state index in [0.717, 1.165) is 12.1 Å². The van der Waals surface area contributed by atoms with E-state index in [0.29, 0.717) is 0 Å². The molecular weight excluding hydrogens is 331 g/mol. The van der Waals surface area contributed by atoms with Crippen LogP contribution >= 0.6 is 0 Å². The van der Waals surface area contributed by atoms with Crippen LogP contribution in [0.3, 0.4) is 0 Å². The molecule has 0 radical (unpaired) electrons. The first-order valence-corrected chi connectivity index (χ1v) is 7.10. The Hall–Kier alpha value is -3.42. The summed E-state index contributed by atoms with van der Waals surface area (Å²) in [6, 6.07) is 8.32. The molecule has 0 aliphatic carbocycles. The van der Waals surface area contributed by atoms with E-state index >= 15 is 0 Å². The molecule has 0 aliphatic heterocycles. The number of para-hydroxylation sites is 1. The van der Waals surface area contributed by atoms with Crippen molar-refractivity contribution in [2.24, 2.45) is 0 Å². The number of methoxy groups -OCH3 is 2. The Kier molecular flexibility index (Phi) is 5.67. The maximum Gasteiger partial charge on any atom is 0.276 e. The van der Waals surface area contributed by atoms with Crippen molar-refractivity contribution in [1.29, 1.82) is 0 Å². The Morgan fingerprint density at radius 3 is 2.48 bits per heavy atom. The summed E-state index contributed by atoms with van der Waals surface area (Å²) in [6.07, 6.45) is 2.37. The zero-order chi connectivity index (χ0) is 18.4. The molecule has 2 aromatic rings. The normalized spacial score (nSPS) is 10.5. The molecule has 1 N–H and O–H groups in total. The molecular formula is C17H15FN2O5. The molecule has 2 aromatic carbocycles. The van der Waals surface area contributed by atoms with Crippen LogP contribution in [0, 0.1) is 15.9 Å². The highest BCUT2D eigenvalue weighted by atomic mass is 19.1. The van der Waals surface area contributed by atoms with Crippen LogP contribution in [0.1, 0.15) is 5.56 Å². The summed E-state index contributed by atoms with van der Waals surface area (Å²) in [4.78, 5) is 22.3. The van der Waals surface area contributed by atoms with Crippen LogP contribution < -0.4 is 14.8 Å². The number of hydrogen-bond donors (Lipinski definition) is 1. The molecule has 0 aliphatic rings. The molecule has 0 heterocycles. The zero-order valence-electron chi connectivity index (χ0n) is 13.5. The van der Waals surface area contributed by atoms with Gasteiger partial charge in [0.25, 0.3) is 5.69 Å². The first-order valence-electron chi connectivity index (χ1n) is 7.10. The zero-order valence-corrected chi connectivity index (χ0v) is 13.5. The van der Waals surface area contributed by atoms with Gasteiger partial charge in [0, 0.05) is 24.3 Å². The lowest BCUT2D eigenvalue weighted by Crippen LogP contribution is -2.10. The van der Waals surface area contributed by atoms with Crippen molar-refractivity contribution in [3.05, 3.63) is 64.0 Å². The topological polar surface area (TPSA) is 90.7 Å². The molecule has 130 valence electrons. The van der Waals surface area contributed by atoms with Crippen LogP contribution in [0.2, 0.25) is 0 Å². The third-order valence-corrected chi connectivity index (χ3v) is 3.28. The van der Waals surface area contributed by atoms with Crippen molar-refractivity contribution in [2.75, 3.05) is 19.5 Å². The standard InChI is InChI=1S/C17H15FN2O5/c1-24-15-9-12(18)13(10-16(15)25-2)19-17(21)8-7-11-5-3-4-6-14(11)20(22)23/h3-10H,1-2H3,(H,19,21)/b8-7-. The minimum Gasteiger partial charge on any atom is -0.493 e. The smallest absolute Gasteiger partial charge is 0.276 e. The predicted molar refractivity (Wildman–Crippen MR) is 90.3 cm³/mol. The molecule has 7 nitrogen and oxygen atoms in total. The van der Waals surface area contributed by atoms with Gasteiger partial charge in [-0.3, -0.25) is 14.9 Å². The molecule has 0 saturated carbocycles. The van der Waals surface area contributed by atoms with Gasteiger partial charge in [0.15, 0.2) is 17.3 Å². The third kappa shape index (κ3) is 4.31. The number of nitro groups is 1. The second-order valence-electron chi connectivity index (χ2n) is 4.83. The number of carbonyl (C=O) groups is 1. The van der Waals surface area contributed by atoms with Crippen LogP contribution in [-0.4, -0.2) is 25.1 Å². The molecule has 0 unspecified atom stereocenters. The lowest BCUT2D eigenvalue weighted by Gasteiger charge is -2.11. The number of nitrogens with zero attached hydrogens (tertiary/aromatic N) is 1. The number of rotatable bonds is 6. The molecule has 8 heteroatoms. The Labute approximate surface area is 142 Å². The second kappa shape index (κ2) is 7.91. The molecule has 2 rings (SSSR count). The quantitative estimate of drug-likeness (QED) is 0.492. The van der Waals surface area contributed by atoms with E-state index in [2.05, 4.69) is 5.32 Å². The highest BCUT2D eigenvalue weighted by Gasteiger charge is 2.13. The SMILES string of the molecule is COc1cc(F)c(NC(=O)/C=C\c2ccccc2[N+](=O)[O-])cc1OC. The minimum atomic E-state index is -0.704. The molecule has 0 spiro atoms. The van der Waals surface area contributed by atoms with Gasteiger partial charge in [-0.2, -0.15) is 0 Å². The van der Waals surface area contributed by atoms with Crippen molar-refractivity contribution in [1.82, 2.24) is 0 Å². The first-order chi connectivity index (χ1) is 12.0. The van der Waals surface area contributed by atoms with Crippen LogP contribution in [-0.2, 0) is 4.79 Å². The van der Waals surface area contributed by atoms with Gasteiger partial charge in [-0.05, 0) is 12.1 Å². The van der Waals surface area contributed by atoms with E-state index in [1.807, 2.05) is 0 Å². The monoisotopic (exact) mass is 346 g/mol. The largest absolute Gasteiger partial charge is 0.493 e. The summed E-state index contributed by atoms with van der Waals surface area (Å²) in [5.41, 5.74) is 0.0224. The summed E-state index contributed by atoms with van der Waals surface area (Å²) < 4.78 is 24.0. The number of nitro benzene ring substituents is 1. The molecule has 0 saturated heterocycles. The van der Waals surface area contributed by atoms with Gasteiger partial charge in [0.2, 0.25) is 5.91 Å². The second-order valence-corrected chi connectivity index (χ2v) is 4.83. The lowest BCUT2D eigenvalue weighted by atomic mass is 10.1. The highest BCUT2D eigenvalue weighted by molar-refractivity contribution is 6.02. The van der Waals surface area contributed by atoms with E-state index < -0.39 is 16.6 Å². The predicted octanol–water partition coefficient (Wildman–Crippen LogP) is 3.40. The maximum absolute atomic E-state index is 14.0. The number of anilines is 1. The van der Waals surface area contributed by atoms with Crippen LogP contribution in [0.4, 0.5) is 15.8 Å². The Morgan fingerprint density at radius 1 is 1.20 bits per heavy atom. The summed E-state index contributed by atoms with van der Waals surface area (Å²) in [6.45, 7) is 0.